The van der Waals surface area contributed by atoms with Crippen molar-refractivity contribution in [2.45, 2.75) is 26.3 Å². The Labute approximate surface area is 152 Å². The Morgan fingerprint density at radius 2 is 1.81 bits per heavy atom. The van der Waals surface area contributed by atoms with Crippen molar-refractivity contribution in [3.63, 3.8) is 0 Å². The Morgan fingerprint density at radius 1 is 1.08 bits per heavy atom. The molecular weight excluding hydrogens is 330 g/mol. The molecule has 7 nitrogen and oxygen atoms in total. The predicted molar refractivity (Wildman–Crippen MR) is 98.8 cm³/mol. The van der Waals surface area contributed by atoms with Gasteiger partial charge in [0.1, 0.15) is 0 Å². The first-order valence-corrected chi connectivity index (χ1v) is 8.81. The zero-order valence-electron chi connectivity index (χ0n) is 14.9. The number of carbonyl (C=O) groups is 2. The summed E-state index contributed by atoms with van der Waals surface area (Å²) in [5, 5.41) is 5.40. The molecule has 3 rings (SSSR count). The lowest BCUT2D eigenvalue weighted by Crippen LogP contribution is -2.36. The van der Waals surface area contributed by atoms with Gasteiger partial charge in [-0.1, -0.05) is 18.2 Å². The summed E-state index contributed by atoms with van der Waals surface area (Å²) in [5.41, 5.74) is 2.17. The van der Waals surface area contributed by atoms with E-state index in [2.05, 4.69) is 25.5 Å². The van der Waals surface area contributed by atoms with Crippen LogP contribution in [-0.4, -0.2) is 41.4 Å². The highest BCUT2D eigenvalue weighted by molar-refractivity contribution is 5.96. The Hall–Kier alpha value is -2.96. The van der Waals surface area contributed by atoms with Gasteiger partial charge >= 0.3 is 0 Å². The zero-order chi connectivity index (χ0) is 18.4. The van der Waals surface area contributed by atoms with Gasteiger partial charge < -0.3 is 15.5 Å². The summed E-state index contributed by atoms with van der Waals surface area (Å²) >= 11 is 0. The van der Waals surface area contributed by atoms with Gasteiger partial charge in [-0.3, -0.25) is 9.59 Å². The van der Waals surface area contributed by atoms with E-state index in [4.69, 9.17) is 0 Å². The van der Waals surface area contributed by atoms with Crippen LogP contribution in [0.4, 0.5) is 5.95 Å². The van der Waals surface area contributed by atoms with E-state index >= 15 is 0 Å². The lowest BCUT2D eigenvalue weighted by molar-refractivity contribution is -0.120. The van der Waals surface area contributed by atoms with Gasteiger partial charge in [-0.2, -0.15) is 0 Å². The molecule has 0 radical (unpaired) electrons. The molecule has 0 saturated carbocycles. The van der Waals surface area contributed by atoms with Gasteiger partial charge in [0.15, 0.2) is 0 Å². The second-order valence-electron chi connectivity index (χ2n) is 6.32. The van der Waals surface area contributed by atoms with E-state index < -0.39 is 0 Å². The number of nitrogens with zero attached hydrogens (tertiary/aromatic N) is 3. The third-order valence-electron chi connectivity index (χ3n) is 4.20. The molecule has 2 heterocycles. The molecule has 2 N–H and O–H groups in total. The van der Waals surface area contributed by atoms with Crippen LogP contribution in [-0.2, 0) is 11.3 Å². The second kappa shape index (κ2) is 8.42. The SMILES string of the molecule is Cc1cc(CNC(=O)CNC(=O)c2ccccc2)nc(N2CCCC2)n1. The molecule has 0 atom stereocenters. The maximum Gasteiger partial charge on any atom is 0.251 e. The molecular formula is C19H23N5O2. The number of carbonyl (C=O) groups excluding carboxylic acids is 2. The molecule has 1 saturated heterocycles. The number of aromatic nitrogens is 2. The molecule has 0 unspecified atom stereocenters. The first-order valence-electron chi connectivity index (χ1n) is 8.81. The van der Waals surface area contributed by atoms with E-state index in [0.717, 1.165) is 43.3 Å². The molecule has 1 fully saturated rings. The topological polar surface area (TPSA) is 87.2 Å². The number of hydrogen-bond acceptors (Lipinski definition) is 5. The van der Waals surface area contributed by atoms with Gasteiger partial charge in [0.05, 0.1) is 18.8 Å². The summed E-state index contributed by atoms with van der Waals surface area (Å²) in [6.07, 6.45) is 2.31. The standard InChI is InChI=1S/C19H23N5O2/c1-14-11-16(23-19(22-14)24-9-5-6-10-24)12-20-17(25)13-21-18(26)15-7-3-2-4-8-15/h2-4,7-8,11H,5-6,9-10,12-13H2,1H3,(H,20,25)(H,21,26). The minimum atomic E-state index is -0.269. The zero-order valence-corrected chi connectivity index (χ0v) is 14.9. The minimum absolute atomic E-state index is 0.0726. The van der Waals surface area contributed by atoms with Crippen LogP contribution in [0.15, 0.2) is 36.4 Å². The summed E-state index contributed by atoms with van der Waals surface area (Å²) in [6, 6.07) is 10.7. The van der Waals surface area contributed by atoms with E-state index in [9.17, 15) is 9.59 Å². The maximum absolute atomic E-state index is 12.0. The van der Waals surface area contributed by atoms with Gasteiger partial charge in [-0.05, 0) is 38.0 Å². The minimum Gasteiger partial charge on any atom is -0.349 e. The van der Waals surface area contributed by atoms with Gasteiger partial charge in [-0.25, -0.2) is 9.97 Å². The van der Waals surface area contributed by atoms with Crippen molar-refractivity contribution >= 4 is 17.8 Å². The first-order chi connectivity index (χ1) is 12.6. The van der Waals surface area contributed by atoms with Crippen molar-refractivity contribution in [2.24, 2.45) is 0 Å². The largest absolute Gasteiger partial charge is 0.349 e. The lowest BCUT2D eigenvalue weighted by Gasteiger charge is -2.16. The average molecular weight is 353 g/mol. The number of aryl methyl sites for hydroxylation is 1. The van der Waals surface area contributed by atoms with Crippen LogP contribution < -0.4 is 15.5 Å². The number of anilines is 1. The molecule has 1 aromatic heterocycles. The van der Waals surface area contributed by atoms with Crippen LogP contribution in [0.2, 0.25) is 0 Å². The van der Waals surface area contributed by atoms with E-state index in [-0.39, 0.29) is 18.4 Å². The van der Waals surface area contributed by atoms with E-state index in [1.54, 1.807) is 24.3 Å². The molecule has 136 valence electrons. The Balaban J connectivity index is 1.50. The van der Waals surface area contributed by atoms with E-state index in [1.807, 2.05) is 19.1 Å². The summed E-state index contributed by atoms with van der Waals surface area (Å²) in [5.74, 6) is 0.201. The summed E-state index contributed by atoms with van der Waals surface area (Å²) < 4.78 is 0. The second-order valence-corrected chi connectivity index (χ2v) is 6.32. The summed E-state index contributed by atoms with van der Waals surface area (Å²) in [6.45, 7) is 4.11. The van der Waals surface area contributed by atoms with Crippen molar-refractivity contribution in [2.75, 3.05) is 24.5 Å². The highest BCUT2D eigenvalue weighted by Crippen LogP contribution is 2.16. The monoisotopic (exact) mass is 353 g/mol. The van der Waals surface area contributed by atoms with Crippen molar-refractivity contribution in [3.05, 3.63) is 53.3 Å². The normalized spacial score (nSPS) is 13.5. The Bertz CT molecular complexity index is 773. The van der Waals surface area contributed by atoms with E-state index in [0.29, 0.717) is 12.1 Å². The van der Waals surface area contributed by atoms with Crippen LogP contribution in [0.3, 0.4) is 0 Å². The van der Waals surface area contributed by atoms with Crippen LogP contribution in [0.25, 0.3) is 0 Å². The van der Waals surface area contributed by atoms with Crippen molar-refractivity contribution in [1.82, 2.24) is 20.6 Å². The fraction of sp³-hybridized carbons (Fsp3) is 0.368. The van der Waals surface area contributed by atoms with Crippen LogP contribution in [0.5, 0.6) is 0 Å². The van der Waals surface area contributed by atoms with Crippen LogP contribution >= 0.6 is 0 Å². The summed E-state index contributed by atoms with van der Waals surface area (Å²) in [4.78, 5) is 35.1. The molecule has 1 aliphatic rings. The van der Waals surface area contributed by atoms with Gasteiger partial charge in [-0.15, -0.1) is 0 Å². The first kappa shape index (κ1) is 17.8. The lowest BCUT2D eigenvalue weighted by atomic mass is 10.2. The molecule has 1 aliphatic heterocycles. The van der Waals surface area contributed by atoms with Gasteiger partial charge in [0.25, 0.3) is 5.91 Å². The van der Waals surface area contributed by atoms with Crippen LogP contribution in [0, 0.1) is 6.92 Å². The number of hydrogen-bond donors (Lipinski definition) is 2. The van der Waals surface area contributed by atoms with Crippen LogP contribution in [0.1, 0.15) is 34.6 Å². The highest BCUT2D eigenvalue weighted by Gasteiger charge is 2.16. The molecule has 1 aromatic carbocycles. The predicted octanol–water partition coefficient (Wildman–Crippen LogP) is 1.43. The highest BCUT2D eigenvalue weighted by atomic mass is 16.2. The van der Waals surface area contributed by atoms with Gasteiger partial charge in [0.2, 0.25) is 11.9 Å². The van der Waals surface area contributed by atoms with Gasteiger partial charge in [0, 0.05) is 24.3 Å². The Kier molecular flexibility index (Phi) is 5.78. The molecule has 2 aromatic rings. The molecule has 0 aliphatic carbocycles. The fourth-order valence-corrected chi connectivity index (χ4v) is 2.87. The number of amides is 2. The smallest absolute Gasteiger partial charge is 0.251 e. The molecule has 0 bridgehead atoms. The third kappa shape index (κ3) is 4.78. The quantitative estimate of drug-likeness (QED) is 0.820. The molecule has 26 heavy (non-hydrogen) atoms. The Morgan fingerprint density at radius 3 is 2.54 bits per heavy atom. The number of benzene rings is 1. The average Bonchev–Trinajstić information content (AvgIpc) is 3.19. The van der Waals surface area contributed by atoms with E-state index in [1.165, 1.54) is 0 Å². The molecule has 0 spiro atoms. The van der Waals surface area contributed by atoms with Crippen molar-refractivity contribution < 1.29 is 9.59 Å². The molecule has 7 heteroatoms. The summed E-state index contributed by atoms with van der Waals surface area (Å²) in [7, 11) is 0. The maximum atomic E-state index is 12.0. The van der Waals surface area contributed by atoms with Crippen molar-refractivity contribution in [3.8, 4) is 0 Å². The number of rotatable bonds is 6. The molecule has 2 amide bonds. The third-order valence-corrected chi connectivity index (χ3v) is 4.20. The number of nitrogens with one attached hydrogen (secondary N) is 2. The fourth-order valence-electron chi connectivity index (χ4n) is 2.87. The van der Waals surface area contributed by atoms with Crippen molar-refractivity contribution in [1.29, 1.82) is 0 Å².